The maximum Gasteiger partial charge on any atom is 0.271 e. The van der Waals surface area contributed by atoms with Crippen LogP contribution in [0.2, 0.25) is 0 Å². The Bertz CT molecular complexity index is 994. The molecule has 2 N–H and O–H groups in total. The third kappa shape index (κ3) is 3.36. The molecule has 0 aliphatic carbocycles. The zero-order valence-electron chi connectivity index (χ0n) is 12.2. The van der Waals surface area contributed by atoms with Crippen LogP contribution in [0.1, 0.15) is 15.9 Å². The predicted octanol–water partition coefficient (Wildman–Crippen LogP) is 3.03. The summed E-state index contributed by atoms with van der Waals surface area (Å²) < 4.78 is 6.14. The summed E-state index contributed by atoms with van der Waals surface area (Å²) >= 11 is 3.30. The number of hydrogen-bond acceptors (Lipinski definition) is 5. The van der Waals surface area contributed by atoms with Crippen LogP contribution >= 0.6 is 15.9 Å². The van der Waals surface area contributed by atoms with E-state index in [0.29, 0.717) is 16.5 Å². The summed E-state index contributed by atoms with van der Waals surface area (Å²) in [4.78, 5) is 24.2. The number of phenolic OH excluding ortho intramolecular Hbond substituents is 1. The molecule has 24 heavy (non-hydrogen) atoms. The number of rotatable bonds is 3. The van der Waals surface area contributed by atoms with Crippen LogP contribution in [0.15, 0.2) is 67.5 Å². The zero-order chi connectivity index (χ0) is 17.1. The third-order valence-corrected chi connectivity index (χ3v) is 3.75. The molecule has 0 saturated carbocycles. The number of aromatic hydroxyl groups is 1. The highest BCUT2D eigenvalue weighted by atomic mass is 79.9. The van der Waals surface area contributed by atoms with Gasteiger partial charge in [-0.3, -0.25) is 9.59 Å². The van der Waals surface area contributed by atoms with Gasteiger partial charge in [0.25, 0.3) is 5.91 Å². The average Bonchev–Trinajstić information content (AvgIpc) is 2.58. The first-order valence-corrected chi connectivity index (χ1v) is 7.67. The van der Waals surface area contributed by atoms with E-state index in [1.54, 1.807) is 18.2 Å². The van der Waals surface area contributed by atoms with Crippen molar-refractivity contribution in [3.05, 3.63) is 74.6 Å². The van der Waals surface area contributed by atoms with Gasteiger partial charge in [-0.1, -0.05) is 15.9 Å². The van der Waals surface area contributed by atoms with Crippen molar-refractivity contribution in [3.63, 3.8) is 0 Å². The molecular formula is C17H11BrN2O4. The van der Waals surface area contributed by atoms with Gasteiger partial charge in [-0.25, -0.2) is 5.43 Å². The van der Waals surface area contributed by atoms with Crippen molar-refractivity contribution < 1.29 is 14.3 Å². The highest BCUT2D eigenvalue weighted by Gasteiger charge is 2.07. The van der Waals surface area contributed by atoms with E-state index in [1.165, 1.54) is 36.7 Å². The molecule has 0 aliphatic rings. The molecule has 1 aromatic heterocycles. The van der Waals surface area contributed by atoms with Crippen molar-refractivity contribution in [3.8, 4) is 5.75 Å². The Kier molecular flexibility index (Phi) is 4.43. The van der Waals surface area contributed by atoms with Crippen LogP contribution in [-0.2, 0) is 0 Å². The second-order valence-electron chi connectivity index (χ2n) is 4.91. The highest BCUT2D eigenvalue weighted by Crippen LogP contribution is 2.17. The summed E-state index contributed by atoms with van der Waals surface area (Å²) in [5.41, 5.74) is 3.08. The van der Waals surface area contributed by atoms with E-state index in [4.69, 9.17) is 4.42 Å². The number of amides is 1. The minimum atomic E-state index is -0.459. The molecule has 0 fully saturated rings. The number of halogens is 1. The molecule has 0 aliphatic heterocycles. The van der Waals surface area contributed by atoms with Crippen molar-refractivity contribution >= 4 is 39.0 Å². The minimum absolute atomic E-state index is 0.0648. The lowest BCUT2D eigenvalue weighted by molar-refractivity contribution is 0.0955. The molecule has 0 spiro atoms. The summed E-state index contributed by atoms with van der Waals surface area (Å²) in [6.07, 6.45) is 2.51. The number of nitrogens with one attached hydrogen (secondary N) is 1. The molecule has 0 bridgehead atoms. The lowest BCUT2D eigenvalue weighted by Gasteiger charge is -2.01. The van der Waals surface area contributed by atoms with Gasteiger partial charge in [-0.15, -0.1) is 0 Å². The van der Waals surface area contributed by atoms with Gasteiger partial charge in [0.05, 0.1) is 17.2 Å². The zero-order valence-corrected chi connectivity index (χ0v) is 13.8. The Morgan fingerprint density at radius 1 is 1.21 bits per heavy atom. The Morgan fingerprint density at radius 2 is 1.96 bits per heavy atom. The topological polar surface area (TPSA) is 91.9 Å². The van der Waals surface area contributed by atoms with E-state index in [2.05, 4.69) is 26.5 Å². The van der Waals surface area contributed by atoms with Crippen molar-refractivity contribution in [1.29, 1.82) is 0 Å². The first kappa shape index (κ1) is 15.9. The van der Waals surface area contributed by atoms with Crippen LogP contribution in [0.25, 0.3) is 11.0 Å². The standard InChI is InChI=1S/C17H11BrN2O4/c18-12-3-6-15-14(7-12)16(22)11(9-24-15)8-19-20-17(23)10-1-4-13(21)5-2-10/h1-9,21H,(H,20,23)/b19-8+. The van der Waals surface area contributed by atoms with Crippen molar-refractivity contribution in [2.24, 2.45) is 5.10 Å². The van der Waals surface area contributed by atoms with Crippen molar-refractivity contribution in [1.82, 2.24) is 5.43 Å². The molecule has 2 aromatic carbocycles. The van der Waals surface area contributed by atoms with Gasteiger partial charge >= 0.3 is 0 Å². The maximum absolute atomic E-state index is 12.4. The van der Waals surface area contributed by atoms with Crippen LogP contribution in [0, 0.1) is 0 Å². The molecule has 3 aromatic rings. The summed E-state index contributed by atoms with van der Waals surface area (Å²) in [6, 6.07) is 10.8. The highest BCUT2D eigenvalue weighted by molar-refractivity contribution is 9.10. The monoisotopic (exact) mass is 386 g/mol. The van der Waals surface area contributed by atoms with Crippen LogP contribution in [0.4, 0.5) is 0 Å². The first-order chi connectivity index (χ1) is 11.5. The fourth-order valence-corrected chi connectivity index (χ4v) is 2.41. The van der Waals surface area contributed by atoms with Gasteiger partial charge < -0.3 is 9.52 Å². The predicted molar refractivity (Wildman–Crippen MR) is 93.4 cm³/mol. The molecule has 0 saturated heterocycles. The normalized spacial score (nSPS) is 11.0. The lowest BCUT2D eigenvalue weighted by atomic mass is 10.2. The first-order valence-electron chi connectivity index (χ1n) is 6.88. The molecule has 0 radical (unpaired) electrons. The number of hydrogen-bond donors (Lipinski definition) is 2. The summed E-state index contributed by atoms with van der Waals surface area (Å²) in [7, 11) is 0. The van der Waals surface area contributed by atoms with E-state index < -0.39 is 5.91 Å². The minimum Gasteiger partial charge on any atom is -0.508 e. The molecule has 6 nitrogen and oxygen atoms in total. The van der Waals surface area contributed by atoms with Gasteiger partial charge in [0.15, 0.2) is 0 Å². The largest absolute Gasteiger partial charge is 0.508 e. The number of carbonyl (C=O) groups is 1. The maximum atomic E-state index is 12.4. The van der Waals surface area contributed by atoms with Crippen molar-refractivity contribution in [2.75, 3.05) is 0 Å². The number of nitrogens with zero attached hydrogens (tertiary/aromatic N) is 1. The number of hydrazone groups is 1. The molecule has 3 rings (SSSR count). The average molecular weight is 387 g/mol. The quantitative estimate of drug-likeness (QED) is 0.534. The molecule has 7 heteroatoms. The smallest absolute Gasteiger partial charge is 0.271 e. The van der Waals surface area contributed by atoms with Crippen molar-refractivity contribution in [2.45, 2.75) is 0 Å². The fraction of sp³-hybridized carbons (Fsp3) is 0. The van der Waals surface area contributed by atoms with E-state index in [9.17, 15) is 14.7 Å². The molecular weight excluding hydrogens is 376 g/mol. The van der Waals surface area contributed by atoms with Gasteiger partial charge in [0, 0.05) is 10.0 Å². The van der Waals surface area contributed by atoms with Crippen LogP contribution in [0.3, 0.4) is 0 Å². The molecule has 1 amide bonds. The van der Waals surface area contributed by atoms with Gasteiger partial charge in [0.1, 0.15) is 17.6 Å². The van der Waals surface area contributed by atoms with E-state index in [-0.39, 0.29) is 16.7 Å². The van der Waals surface area contributed by atoms with E-state index >= 15 is 0 Å². The Morgan fingerprint density at radius 3 is 2.71 bits per heavy atom. The van der Waals surface area contributed by atoms with Crippen LogP contribution in [-0.4, -0.2) is 17.2 Å². The summed E-state index contributed by atoms with van der Waals surface area (Å²) in [5.74, 6) is -0.394. The molecule has 0 unspecified atom stereocenters. The number of fused-ring (bicyclic) bond motifs is 1. The summed E-state index contributed by atoms with van der Waals surface area (Å²) in [6.45, 7) is 0. The van der Waals surface area contributed by atoms with Gasteiger partial charge in [0.2, 0.25) is 5.43 Å². The van der Waals surface area contributed by atoms with Crippen LogP contribution < -0.4 is 10.9 Å². The SMILES string of the molecule is O=C(N/N=C/c1coc2ccc(Br)cc2c1=O)c1ccc(O)cc1. The molecule has 1 heterocycles. The van der Waals surface area contributed by atoms with Crippen LogP contribution in [0.5, 0.6) is 5.75 Å². The fourth-order valence-electron chi connectivity index (χ4n) is 2.05. The Labute approximate surface area is 144 Å². The lowest BCUT2D eigenvalue weighted by Crippen LogP contribution is -2.18. The Balaban J connectivity index is 1.80. The second-order valence-corrected chi connectivity index (χ2v) is 5.82. The van der Waals surface area contributed by atoms with Gasteiger partial charge in [-0.05, 0) is 42.5 Å². The summed E-state index contributed by atoms with van der Waals surface area (Å²) in [5, 5.41) is 13.4. The van der Waals surface area contributed by atoms with E-state index in [1.807, 2.05) is 0 Å². The molecule has 0 atom stereocenters. The molecule has 120 valence electrons. The number of carbonyl (C=O) groups excluding carboxylic acids is 1. The number of benzene rings is 2. The van der Waals surface area contributed by atoms with Gasteiger partial charge in [-0.2, -0.15) is 5.10 Å². The Hall–Kier alpha value is -2.93. The van der Waals surface area contributed by atoms with E-state index in [0.717, 1.165) is 4.47 Å². The third-order valence-electron chi connectivity index (χ3n) is 3.26. The number of phenols is 1. The second kappa shape index (κ2) is 6.67.